The molecule has 13 heteroatoms. The minimum Gasteiger partial charge on any atom is -0.480 e. The number of aromatic amines is 3. The molecule has 0 spiro atoms. The van der Waals surface area contributed by atoms with Gasteiger partial charge in [-0.05, 0) is 35.6 Å². The van der Waals surface area contributed by atoms with Crippen LogP contribution in [0.4, 0.5) is 0 Å². The van der Waals surface area contributed by atoms with Gasteiger partial charge in [-0.25, -0.2) is 9.78 Å². The van der Waals surface area contributed by atoms with E-state index in [4.69, 9.17) is 5.73 Å². The Labute approximate surface area is 271 Å². The highest BCUT2D eigenvalue weighted by Gasteiger charge is 2.33. The van der Waals surface area contributed by atoms with Crippen molar-refractivity contribution in [3.8, 4) is 0 Å². The number of para-hydroxylation sites is 2. The smallest absolute Gasteiger partial charge is 0.326 e. The number of carboxylic acids is 1. The Kier molecular flexibility index (Phi) is 10.4. The topological polar surface area (TPSA) is 211 Å². The van der Waals surface area contributed by atoms with E-state index in [-0.39, 0.29) is 25.2 Å². The molecule has 246 valence electrons. The second-order valence-electron chi connectivity index (χ2n) is 11.8. The van der Waals surface area contributed by atoms with E-state index < -0.39 is 47.9 Å². The Morgan fingerprint density at radius 1 is 0.787 bits per heavy atom. The number of carbonyl (C=O) groups excluding carboxylic acids is 3. The minimum absolute atomic E-state index is 0.0330. The van der Waals surface area contributed by atoms with Crippen LogP contribution in [0.25, 0.3) is 21.8 Å². The highest BCUT2D eigenvalue weighted by molar-refractivity contribution is 5.95. The number of rotatable bonds is 15. The van der Waals surface area contributed by atoms with Gasteiger partial charge in [0.15, 0.2) is 0 Å². The number of aliphatic carboxylic acids is 1. The van der Waals surface area contributed by atoms with Crippen LogP contribution < -0.4 is 21.7 Å². The molecule has 9 N–H and O–H groups in total. The van der Waals surface area contributed by atoms with Crippen molar-refractivity contribution < 1.29 is 24.3 Å². The fourth-order valence-corrected chi connectivity index (χ4v) is 5.67. The second-order valence-corrected chi connectivity index (χ2v) is 11.8. The highest BCUT2D eigenvalue weighted by Crippen LogP contribution is 2.21. The van der Waals surface area contributed by atoms with Gasteiger partial charge in [0.05, 0.1) is 12.4 Å². The number of hydrogen-bond donors (Lipinski definition) is 8. The molecule has 2 aromatic carbocycles. The molecule has 0 saturated heterocycles. The van der Waals surface area contributed by atoms with Crippen LogP contribution in [0.2, 0.25) is 0 Å². The normalized spacial score (nSPS) is 14.6. The van der Waals surface area contributed by atoms with Gasteiger partial charge in [0.1, 0.15) is 18.1 Å². The van der Waals surface area contributed by atoms with E-state index in [1.54, 1.807) is 6.20 Å². The van der Waals surface area contributed by atoms with Crippen molar-refractivity contribution >= 4 is 45.5 Å². The molecule has 3 aromatic heterocycles. The lowest BCUT2D eigenvalue weighted by Crippen LogP contribution is -2.59. The summed E-state index contributed by atoms with van der Waals surface area (Å²) in [7, 11) is 0. The van der Waals surface area contributed by atoms with Gasteiger partial charge in [-0.3, -0.25) is 14.4 Å². The molecule has 5 rings (SSSR count). The largest absolute Gasteiger partial charge is 0.480 e. The van der Waals surface area contributed by atoms with Crippen LogP contribution in [-0.4, -0.2) is 72.9 Å². The van der Waals surface area contributed by atoms with E-state index in [9.17, 15) is 24.3 Å². The summed E-state index contributed by atoms with van der Waals surface area (Å²) in [4.78, 5) is 66.2. The number of hydrogen-bond acceptors (Lipinski definition) is 6. The van der Waals surface area contributed by atoms with Crippen LogP contribution in [0.5, 0.6) is 0 Å². The number of nitrogens with two attached hydrogens (primary N) is 1. The number of nitrogens with zero attached hydrogens (tertiary/aromatic N) is 1. The van der Waals surface area contributed by atoms with Crippen molar-refractivity contribution in [3.63, 3.8) is 0 Å². The molecule has 0 bridgehead atoms. The van der Waals surface area contributed by atoms with E-state index in [0.29, 0.717) is 12.1 Å². The molecular formula is C34H40N8O5. The Hall–Kier alpha value is -5.43. The van der Waals surface area contributed by atoms with E-state index in [1.165, 1.54) is 12.5 Å². The van der Waals surface area contributed by atoms with Crippen LogP contribution in [0.15, 0.2) is 73.4 Å². The number of imidazole rings is 1. The maximum Gasteiger partial charge on any atom is 0.326 e. The number of H-pyrrole nitrogens is 3. The maximum absolute atomic E-state index is 13.9. The number of amides is 3. The number of nitrogens with one attached hydrogen (secondary N) is 6. The minimum atomic E-state index is -1.28. The first kappa shape index (κ1) is 32.9. The molecule has 5 atom stereocenters. The van der Waals surface area contributed by atoms with Crippen molar-refractivity contribution in [2.75, 3.05) is 0 Å². The molecule has 0 aliphatic rings. The molecule has 0 saturated carbocycles. The summed E-state index contributed by atoms with van der Waals surface area (Å²) in [6.45, 7) is 3.72. The van der Waals surface area contributed by atoms with Crippen molar-refractivity contribution in [3.05, 3.63) is 90.3 Å². The highest BCUT2D eigenvalue weighted by atomic mass is 16.4. The van der Waals surface area contributed by atoms with Crippen LogP contribution in [-0.2, 0) is 38.4 Å². The Balaban J connectivity index is 1.34. The summed E-state index contributed by atoms with van der Waals surface area (Å²) in [5.41, 5.74) is 10.3. The molecule has 3 heterocycles. The molecule has 0 fully saturated rings. The van der Waals surface area contributed by atoms with Crippen molar-refractivity contribution in [1.29, 1.82) is 0 Å². The molecular weight excluding hydrogens is 600 g/mol. The molecule has 5 unspecified atom stereocenters. The zero-order valence-corrected chi connectivity index (χ0v) is 26.2. The van der Waals surface area contributed by atoms with Gasteiger partial charge in [-0.2, -0.15) is 0 Å². The van der Waals surface area contributed by atoms with Crippen LogP contribution in [0, 0.1) is 5.92 Å². The number of aromatic nitrogens is 4. The molecule has 47 heavy (non-hydrogen) atoms. The zero-order valence-electron chi connectivity index (χ0n) is 26.2. The summed E-state index contributed by atoms with van der Waals surface area (Å²) in [5, 5.41) is 19.9. The van der Waals surface area contributed by atoms with Crippen LogP contribution in [0.3, 0.4) is 0 Å². The second kappa shape index (κ2) is 14.8. The monoisotopic (exact) mass is 640 g/mol. The van der Waals surface area contributed by atoms with Gasteiger partial charge >= 0.3 is 5.97 Å². The summed E-state index contributed by atoms with van der Waals surface area (Å²) in [6, 6.07) is 10.9. The standard InChI is InChI=1S/C34H40N8O5/c1-3-19(2)30(42-31(43)25(35)12-20-15-37-26-10-6-4-8-23(20)26)33(45)40-28(13-21-16-38-27-11-7-5-9-24(21)27)32(44)41-29(34(46)47)14-22-17-36-18-39-22/h4-11,15-19,25,28-30,37-38H,3,12-14,35H2,1-2H3,(H,36,39)(H,40,45)(H,41,44)(H,42,43)(H,46,47). The van der Waals surface area contributed by atoms with Gasteiger partial charge < -0.3 is 41.7 Å². The third-order valence-corrected chi connectivity index (χ3v) is 8.57. The van der Waals surface area contributed by atoms with Crippen LogP contribution in [0.1, 0.15) is 37.1 Å². The fraction of sp³-hybridized carbons (Fsp3) is 0.324. The summed E-state index contributed by atoms with van der Waals surface area (Å²) in [6.07, 6.45) is 7.33. The molecule has 0 aliphatic carbocycles. The quantitative estimate of drug-likeness (QED) is 0.0855. The van der Waals surface area contributed by atoms with Gasteiger partial charge in [0, 0.05) is 58.9 Å². The van der Waals surface area contributed by atoms with Gasteiger partial charge in [0.25, 0.3) is 0 Å². The van der Waals surface area contributed by atoms with E-state index in [2.05, 4.69) is 35.9 Å². The predicted octanol–water partition coefficient (Wildman–Crippen LogP) is 2.31. The number of carbonyl (C=O) groups is 4. The van der Waals surface area contributed by atoms with Crippen molar-refractivity contribution in [2.24, 2.45) is 11.7 Å². The van der Waals surface area contributed by atoms with Gasteiger partial charge in [0.2, 0.25) is 17.7 Å². The Bertz CT molecular complexity index is 1850. The molecule has 0 radical (unpaired) electrons. The third kappa shape index (κ3) is 7.87. The Morgan fingerprint density at radius 3 is 1.96 bits per heavy atom. The van der Waals surface area contributed by atoms with Gasteiger partial charge in [-0.1, -0.05) is 56.7 Å². The zero-order chi connectivity index (χ0) is 33.5. The lowest BCUT2D eigenvalue weighted by molar-refractivity contribution is -0.142. The van der Waals surface area contributed by atoms with E-state index >= 15 is 0 Å². The summed E-state index contributed by atoms with van der Waals surface area (Å²) < 4.78 is 0. The lowest BCUT2D eigenvalue weighted by Gasteiger charge is -2.28. The SMILES string of the molecule is CCC(C)C(NC(=O)C(N)Cc1c[nH]c2ccccc12)C(=O)NC(Cc1c[nH]c2ccccc12)C(=O)NC(Cc1cnc[nH]1)C(=O)O. The van der Waals surface area contributed by atoms with Crippen molar-refractivity contribution in [1.82, 2.24) is 35.9 Å². The average molecular weight is 641 g/mol. The average Bonchev–Trinajstić information content (AvgIpc) is 3.83. The maximum atomic E-state index is 13.9. The van der Waals surface area contributed by atoms with Crippen molar-refractivity contribution in [2.45, 2.75) is 63.7 Å². The lowest BCUT2D eigenvalue weighted by atomic mass is 9.96. The summed E-state index contributed by atoms with van der Waals surface area (Å²) >= 11 is 0. The first-order valence-corrected chi connectivity index (χ1v) is 15.6. The molecule has 3 amide bonds. The first-order chi connectivity index (χ1) is 22.6. The number of fused-ring (bicyclic) bond motifs is 2. The third-order valence-electron chi connectivity index (χ3n) is 8.57. The van der Waals surface area contributed by atoms with E-state index in [0.717, 1.165) is 32.9 Å². The fourth-order valence-electron chi connectivity index (χ4n) is 5.67. The predicted molar refractivity (Wildman–Crippen MR) is 177 cm³/mol. The molecule has 13 nitrogen and oxygen atoms in total. The number of benzene rings is 2. The molecule has 0 aliphatic heterocycles. The number of carboxylic acid groups (broad SMARTS) is 1. The van der Waals surface area contributed by atoms with E-state index in [1.807, 2.05) is 68.6 Å². The summed E-state index contributed by atoms with van der Waals surface area (Å²) in [5.74, 6) is -3.30. The Morgan fingerprint density at radius 2 is 1.38 bits per heavy atom. The first-order valence-electron chi connectivity index (χ1n) is 15.6. The molecule has 5 aromatic rings. The van der Waals surface area contributed by atoms with Gasteiger partial charge in [-0.15, -0.1) is 0 Å². The van der Waals surface area contributed by atoms with Crippen LogP contribution >= 0.6 is 0 Å².